The van der Waals surface area contributed by atoms with Gasteiger partial charge in [-0.15, -0.1) is 0 Å². The fraction of sp³-hybridized carbons (Fsp3) is 0.714. The van der Waals surface area contributed by atoms with E-state index in [1.54, 1.807) is 0 Å². The summed E-state index contributed by atoms with van der Waals surface area (Å²) in [4.78, 5) is 22.7. The Hall–Kier alpha value is -1.32. The summed E-state index contributed by atoms with van der Waals surface area (Å²) < 4.78 is 0. The van der Waals surface area contributed by atoms with Gasteiger partial charge in [-0.25, -0.2) is 0 Å². The largest absolute Gasteiger partial charge is 0.481 e. The molecule has 1 rings (SSSR count). The first-order chi connectivity index (χ1) is 8.49. The number of carbonyl (C=O) groups is 2. The molecule has 1 aliphatic carbocycles. The predicted octanol–water partition coefficient (Wildman–Crippen LogP) is 2.21. The first-order valence-corrected chi connectivity index (χ1v) is 6.65. The van der Waals surface area contributed by atoms with E-state index in [-0.39, 0.29) is 12.5 Å². The van der Waals surface area contributed by atoms with Crippen LogP contribution in [-0.2, 0) is 9.59 Å². The lowest BCUT2D eigenvalue weighted by atomic mass is 9.97. The van der Waals surface area contributed by atoms with E-state index in [4.69, 9.17) is 5.11 Å². The van der Waals surface area contributed by atoms with Crippen LogP contribution in [0.2, 0.25) is 0 Å². The quantitative estimate of drug-likeness (QED) is 0.684. The van der Waals surface area contributed by atoms with Gasteiger partial charge in [0.1, 0.15) is 0 Å². The third-order valence-electron chi connectivity index (χ3n) is 3.21. The van der Waals surface area contributed by atoms with Gasteiger partial charge in [-0.3, -0.25) is 9.59 Å². The summed E-state index contributed by atoms with van der Waals surface area (Å²) >= 11 is 0. The van der Waals surface area contributed by atoms with Gasteiger partial charge in [0.15, 0.2) is 0 Å². The molecule has 4 nitrogen and oxygen atoms in total. The van der Waals surface area contributed by atoms with Crippen LogP contribution in [0.15, 0.2) is 12.2 Å². The Morgan fingerprint density at radius 2 is 2.17 bits per heavy atom. The Balaban J connectivity index is 2.30. The molecule has 102 valence electrons. The number of allylic oxidation sites excluding steroid dienone is 2. The number of carboxylic acid groups (broad SMARTS) is 1. The van der Waals surface area contributed by atoms with Crippen molar-refractivity contribution < 1.29 is 14.7 Å². The Morgan fingerprint density at radius 1 is 1.44 bits per heavy atom. The number of aliphatic carboxylic acids is 1. The Kier molecular flexibility index (Phi) is 5.89. The Bertz CT molecular complexity index is 323. The summed E-state index contributed by atoms with van der Waals surface area (Å²) in [7, 11) is 0. The maximum Gasteiger partial charge on any atom is 0.308 e. The zero-order valence-corrected chi connectivity index (χ0v) is 11.2. The van der Waals surface area contributed by atoms with E-state index in [0.717, 1.165) is 12.8 Å². The summed E-state index contributed by atoms with van der Waals surface area (Å²) in [5, 5.41) is 11.8. The third kappa shape index (κ3) is 5.34. The highest BCUT2D eigenvalue weighted by Crippen LogP contribution is 2.20. The molecule has 0 saturated carbocycles. The molecular formula is C14H23NO3. The molecule has 0 radical (unpaired) electrons. The van der Waals surface area contributed by atoms with Crippen molar-refractivity contribution in [3.8, 4) is 0 Å². The summed E-state index contributed by atoms with van der Waals surface area (Å²) in [5.74, 6) is -0.696. The molecule has 0 saturated heterocycles. The summed E-state index contributed by atoms with van der Waals surface area (Å²) in [5.41, 5.74) is 0. The number of nitrogens with one attached hydrogen (secondary N) is 1. The fourth-order valence-electron chi connectivity index (χ4n) is 2.25. The van der Waals surface area contributed by atoms with Crippen LogP contribution in [-0.4, -0.2) is 23.5 Å². The summed E-state index contributed by atoms with van der Waals surface area (Å²) in [6.07, 6.45) is 7.31. The molecule has 2 unspecified atom stereocenters. The first-order valence-electron chi connectivity index (χ1n) is 6.65. The SMILES string of the molecule is CC(C)CC(CNC(=O)CC1C=CCC1)C(=O)O. The van der Waals surface area contributed by atoms with Crippen LogP contribution in [0.3, 0.4) is 0 Å². The summed E-state index contributed by atoms with van der Waals surface area (Å²) in [6.45, 7) is 4.21. The monoisotopic (exact) mass is 253 g/mol. The lowest BCUT2D eigenvalue weighted by Crippen LogP contribution is -2.34. The molecule has 1 amide bonds. The molecular weight excluding hydrogens is 230 g/mol. The number of hydrogen-bond acceptors (Lipinski definition) is 2. The minimum absolute atomic E-state index is 0.0402. The molecule has 0 bridgehead atoms. The van der Waals surface area contributed by atoms with Crippen molar-refractivity contribution in [1.29, 1.82) is 0 Å². The second-order valence-electron chi connectivity index (χ2n) is 5.44. The van der Waals surface area contributed by atoms with E-state index in [9.17, 15) is 9.59 Å². The minimum atomic E-state index is -0.829. The Labute approximate surface area is 108 Å². The van der Waals surface area contributed by atoms with Crippen molar-refractivity contribution in [2.24, 2.45) is 17.8 Å². The number of carbonyl (C=O) groups excluding carboxylic acids is 1. The zero-order chi connectivity index (χ0) is 13.5. The van der Waals surface area contributed by atoms with Crippen LogP contribution in [0.25, 0.3) is 0 Å². The predicted molar refractivity (Wildman–Crippen MR) is 70.1 cm³/mol. The van der Waals surface area contributed by atoms with E-state index in [2.05, 4.69) is 17.5 Å². The van der Waals surface area contributed by atoms with Crippen LogP contribution >= 0.6 is 0 Å². The maximum atomic E-state index is 11.7. The highest BCUT2D eigenvalue weighted by Gasteiger charge is 2.20. The summed E-state index contributed by atoms with van der Waals surface area (Å²) in [6, 6.07) is 0. The van der Waals surface area contributed by atoms with Crippen LogP contribution < -0.4 is 5.32 Å². The lowest BCUT2D eigenvalue weighted by molar-refractivity contribution is -0.142. The smallest absolute Gasteiger partial charge is 0.308 e. The highest BCUT2D eigenvalue weighted by molar-refractivity contribution is 5.77. The van der Waals surface area contributed by atoms with Crippen LogP contribution in [0.5, 0.6) is 0 Å². The van der Waals surface area contributed by atoms with Crippen LogP contribution in [0, 0.1) is 17.8 Å². The molecule has 0 aromatic rings. The number of hydrogen-bond donors (Lipinski definition) is 2. The molecule has 2 N–H and O–H groups in total. The first kappa shape index (κ1) is 14.7. The number of rotatable bonds is 7. The van der Waals surface area contributed by atoms with Crippen molar-refractivity contribution in [2.75, 3.05) is 6.54 Å². The van der Waals surface area contributed by atoms with E-state index in [1.165, 1.54) is 0 Å². The molecule has 0 aromatic heterocycles. The van der Waals surface area contributed by atoms with Gasteiger partial charge in [0.25, 0.3) is 0 Å². The fourth-order valence-corrected chi connectivity index (χ4v) is 2.25. The number of amides is 1. The van der Waals surface area contributed by atoms with E-state index >= 15 is 0 Å². The molecule has 0 fully saturated rings. The van der Waals surface area contributed by atoms with E-state index in [1.807, 2.05) is 13.8 Å². The molecule has 1 aliphatic rings. The minimum Gasteiger partial charge on any atom is -0.481 e. The standard InChI is InChI=1S/C14H23NO3/c1-10(2)7-12(14(17)18)9-15-13(16)8-11-5-3-4-6-11/h3,5,10-12H,4,6-9H2,1-2H3,(H,15,16)(H,17,18). The van der Waals surface area contributed by atoms with Gasteiger partial charge >= 0.3 is 5.97 Å². The van der Waals surface area contributed by atoms with Crippen LogP contribution in [0.1, 0.15) is 39.5 Å². The lowest BCUT2D eigenvalue weighted by Gasteiger charge is -2.16. The molecule has 18 heavy (non-hydrogen) atoms. The van der Waals surface area contributed by atoms with Gasteiger partial charge in [-0.05, 0) is 31.1 Å². The third-order valence-corrected chi connectivity index (χ3v) is 3.21. The zero-order valence-electron chi connectivity index (χ0n) is 11.2. The van der Waals surface area contributed by atoms with Gasteiger partial charge in [0.05, 0.1) is 5.92 Å². The number of carboxylic acids is 1. The van der Waals surface area contributed by atoms with Crippen molar-refractivity contribution >= 4 is 11.9 Å². The van der Waals surface area contributed by atoms with Crippen molar-refractivity contribution in [1.82, 2.24) is 5.32 Å². The molecule has 4 heteroatoms. The van der Waals surface area contributed by atoms with Gasteiger partial charge in [0, 0.05) is 13.0 Å². The van der Waals surface area contributed by atoms with Crippen molar-refractivity contribution in [2.45, 2.75) is 39.5 Å². The van der Waals surface area contributed by atoms with E-state index < -0.39 is 11.9 Å². The second-order valence-corrected chi connectivity index (χ2v) is 5.44. The maximum absolute atomic E-state index is 11.7. The van der Waals surface area contributed by atoms with Crippen LogP contribution in [0.4, 0.5) is 0 Å². The van der Waals surface area contributed by atoms with Crippen molar-refractivity contribution in [3.63, 3.8) is 0 Å². The average Bonchev–Trinajstić information content (AvgIpc) is 2.76. The normalized spacial score (nSPS) is 20.1. The van der Waals surface area contributed by atoms with Gasteiger partial charge < -0.3 is 10.4 Å². The van der Waals surface area contributed by atoms with E-state index in [0.29, 0.717) is 24.7 Å². The second kappa shape index (κ2) is 7.19. The van der Waals surface area contributed by atoms with Gasteiger partial charge in [-0.1, -0.05) is 26.0 Å². The van der Waals surface area contributed by atoms with Crippen molar-refractivity contribution in [3.05, 3.63) is 12.2 Å². The molecule has 0 spiro atoms. The molecule has 0 aliphatic heterocycles. The molecule has 0 heterocycles. The van der Waals surface area contributed by atoms with Gasteiger partial charge in [0.2, 0.25) is 5.91 Å². The topological polar surface area (TPSA) is 66.4 Å². The van der Waals surface area contributed by atoms with Gasteiger partial charge in [-0.2, -0.15) is 0 Å². The molecule has 2 atom stereocenters. The Morgan fingerprint density at radius 3 is 2.67 bits per heavy atom. The highest BCUT2D eigenvalue weighted by atomic mass is 16.4. The molecule has 0 aromatic carbocycles. The average molecular weight is 253 g/mol.